The van der Waals surface area contributed by atoms with E-state index < -0.39 is 6.10 Å². The minimum Gasteiger partial charge on any atom is -0.380 e. The minimum absolute atomic E-state index is 0.495. The molecule has 0 bridgehead atoms. The van der Waals surface area contributed by atoms with Gasteiger partial charge >= 0.3 is 0 Å². The largest absolute Gasteiger partial charge is 0.380 e. The summed E-state index contributed by atoms with van der Waals surface area (Å²) in [5.41, 5.74) is 0.949. The Labute approximate surface area is 73.0 Å². The SMILES string of the molecule is CC[C@@H](O)C#Cc1ccccc1. The topological polar surface area (TPSA) is 20.2 Å². The summed E-state index contributed by atoms with van der Waals surface area (Å²) in [6, 6.07) is 9.66. The molecule has 1 aromatic carbocycles. The first kappa shape index (κ1) is 8.83. The average molecular weight is 160 g/mol. The molecule has 0 saturated heterocycles. The number of aliphatic hydroxyl groups excluding tert-OH is 1. The van der Waals surface area contributed by atoms with Crippen LogP contribution in [0.2, 0.25) is 0 Å². The van der Waals surface area contributed by atoms with E-state index in [-0.39, 0.29) is 0 Å². The molecule has 0 unspecified atom stereocenters. The van der Waals surface area contributed by atoms with Crippen molar-refractivity contribution in [3.05, 3.63) is 35.9 Å². The lowest BCUT2D eigenvalue weighted by molar-refractivity contribution is 0.228. The van der Waals surface area contributed by atoms with Crippen LogP contribution in [0.3, 0.4) is 0 Å². The molecule has 1 N–H and O–H groups in total. The van der Waals surface area contributed by atoms with Crippen molar-refractivity contribution in [2.45, 2.75) is 19.4 Å². The Balaban J connectivity index is 2.67. The van der Waals surface area contributed by atoms with E-state index in [1.807, 2.05) is 37.3 Å². The van der Waals surface area contributed by atoms with Gasteiger partial charge in [0, 0.05) is 5.56 Å². The first-order chi connectivity index (χ1) is 5.83. The van der Waals surface area contributed by atoms with Gasteiger partial charge in [0.15, 0.2) is 0 Å². The van der Waals surface area contributed by atoms with Crippen LogP contribution < -0.4 is 0 Å². The molecule has 1 aromatic rings. The van der Waals surface area contributed by atoms with E-state index in [9.17, 15) is 0 Å². The summed E-state index contributed by atoms with van der Waals surface area (Å²) in [7, 11) is 0. The minimum atomic E-state index is -0.495. The van der Waals surface area contributed by atoms with E-state index in [2.05, 4.69) is 11.8 Å². The second-order valence-corrected chi connectivity index (χ2v) is 2.56. The summed E-state index contributed by atoms with van der Waals surface area (Å²) in [6.45, 7) is 1.91. The molecular weight excluding hydrogens is 148 g/mol. The summed E-state index contributed by atoms with van der Waals surface area (Å²) < 4.78 is 0. The summed E-state index contributed by atoms with van der Waals surface area (Å²) in [4.78, 5) is 0. The molecule has 0 heterocycles. The van der Waals surface area contributed by atoms with Gasteiger partial charge in [0.25, 0.3) is 0 Å². The van der Waals surface area contributed by atoms with E-state index in [1.165, 1.54) is 0 Å². The van der Waals surface area contributed by atoms with Gasteiger partial charge in [0.1, 0.15) is 6.10 Å². The third-order valence-electron chi connectivity index (χ3n) is 1.54. The number of hydrogen-bond donors (Lipinski definition) is 1. The first-order valence-electron chi connectivity index (χ1n) is 4.07. The van der Waals surface area contributed by atoms with E-state index in [4.69, 9.17) is 5.11 Å². The van der Waals surface area contributed by atoms with Crippen molar-refractivity contribution in [3.63, 3.8) is 0 Å². The zero-order valence-corrected chi connectivity index (χ0v) is 7.12. The van der Waals surface area contributed by atoms with Gasteiger partial charge in [-0.05, 0) is 18.6 Å². The fourth-order valence-electron chi connectivity index (χ4n) is 0.790. The molecule has 0 fully saturated rings. The Bertz CT molecular complexity index is 279. The van der Waals surface area contributed by atoms with Gasteiger partial charge in [-0.1, -0.05) is 37.0 Å². The number of rotatable bonds is 1. The van der Waals surface area contributed by atoms with Crippen LogP contribution in [-0.4, -0.2) is 11.2 Å². The molecule has 0 radical (unpaired) electrons. The number of benzene rings is 1. The van der Waals surface area contributed by atoms with Crippen molar-refractivity contribution in [1.29, 1.82) is 0 Å². The third kappa shape index (κ3) is 2.77. The van der Waals surface area contributed by atoms with Crippen LogP contribution in [0, 0.1) is 11.8 Å². The van der Waals surface area contributed by atoms with Gasteiger partial charge in [-0.15, -0.1) is 0 Å². The van der Waals surface area contributed by atoms with Crippen LogP contribution in [0.5, 0.6) is 0 Å². The van der Waals surface area contributed by atoms with Gasteiger partial charge in [0.2, 0.25) is 0 Å². The van der Waals surface area contributed by atoms with Crippen molar-refractivity contribution >= 4 is 0 Å². The van der Waals surface area contributed by atoms with Crippen LogP contribution in [0.4, 0.5) is 0 Å². The average Bonchev–Trinajstić information content (AvgIpc) is 2.16. The lowest BCUT2D eigenvalue weighted by Gasteiger charge is -1.93. The van der Waals surface area contributed by atoms with E-state index in [0.717, 1.165) is 5.56 Å². The Kier molecular flexibility index (Phi) is 3.37. The quantitative estimate of drug-likeness (QED) is 0.621. The molecule has 0 aromatic heterocycles. The third-order valence-corrected chi connectivity index (χ3v) is 1.54. The molecule has 0 spiro atoms. The highest BCUT2D eigenvalue weighted by atomic mass is 16.3. The van der Waals surface area contributed by atoms with Crippen molar-refractivity contribution < 1.29 is 5.11 Å². The van der Waals surface area contributed by atoms with Crippen LogP contribution in [0.25, 0.3) is 0 Å². The second-order valence-electron chi connectivity index (χ2n) is 2.56. The van der Waals surface area contributed by atoms with Crippen LogP contribution in [0.15, 0.2) is 30.3 Å². The Morgan fingerprint density at radius 2 is 2.00 bits per heavy atom. The fourth-order valence-corrected chi connectivity index (χ4v) is 0.790. The van der Waals surface area contributed by atoms with Crippen molar-refractivity contribution in [1.82, 2.24) is 0 Å². The molecule has 0 aliphatic carbocycles. The molecule has 1 heteroatoms. The zero-order chi connectivity index (χ0) is 8.81. The highest BCUT2D eigenvalue weighted by molar-refractivity contribution is 5.34. The van der Waals surface area contributed by atoms with Gasteiger partial charge < -0.3 is 5.11 Å². The smallest absolute Gasteiger partial charge is 0.114 e. The van der Waals surface area contributed by atoms with E-state index in [1.54, 1.807) is 0 Å². The second kappa shape index (κ2) is 4.58. The molecule has 1 nitrogen and oxygen atoms in total. The summed E-state index contributed by atoms with van der Waals surface area (Å²) in [5.74, 6) is 5.65. The molecule has 12 heavy (non-hydrogen) atoms. The van der Waals surface area contributed by atoms with Crippen molar-refractivity contribution in [2.75, 3.05) is 0 Å². The fraction of sp³-hybridized carbons (Fsp3) is 0.273. The van der Waals surface area contributed by atoms with Crippen LogP contribution >= 0.6 is 0 Å². The first-order valence-corrected chi connectivity index (χ1v) is 4.07. The molecule has 62 valence electrons. The predicted octanol–water partition coefficient (Wildman–Crippen LogP) is 1.81. The molecule has 0 aliphatic rings. The maximum atomic E-state index is 9.15. The van der Waals surface area contributed by atoms with E-state index in [0.29, 0.717) is 6.42 Å². The Hall–Kier alpha value is -1.26. The molecule has 1 atom stereocenters. The Morgan fingerprint density at radius 1 is 1.33 bits per heavy atom. The van der Waals surface area contributed by atoms with Crippen LogP contribution in [-0.2, 0) is 0 Å². The lowest BCUT2D eigenvalue weighted by atomic mass is 10.2. The van der Waals surface area contributed by atoms with Crippen molar-refractivity contribution in [2.24, 2.45) is 0 Å². The molecule has 0 aliphatic heterocycles. The van der Waals surface area contributed by atoms with Gasteiger partial charge in [-0.2, -0.15) is 0 Å². The highest BCUT2D eigenvalue weighted by Crippen LogP contribution is 1.95. The summed E-state index contributed by atoms with van der Waals surface area (Å²) in [6.07, 6.45) is 0.185. The monoisotopic (exact) mass is 160 g/mol. The Morgan fingerprint density at radius 3 is 2.58 bits per heavy atom. The predicted molar refractivity (Wildman–Crippen MR) is 49.6 cm³/mol. The zero-order valence-electron chi connectivity index (χ0n) is 7.12. The number of hydrogen-bond acceptors (Lipinski definition) is 1. The molecule has 0 saturated carbocycles. The molecule has 1 rings (SSSR count). The highest BCUT2D eigenvalue weighted by Gasteiger charge is 1.90. The lowest BCUT2D eigenvalue weighted by Crippen LogP contribution is -1.98. The maximum absolute atomic E-state index is 9.15. The summed E-state index contributed by atoms with van der Waals surface area (Å²) in [5, 5.41) is 9.15. The number of aliphatic hydroxyl groups is 1. The maximum Gasteiger partial charge on any atom is 0.114 e. The van der Waals surface area contributed by atoms with Gasteiger partial charge in [-0.25, -0.2) is 0 Å². The molecular formula is C11H12O. The van der Waals surface area contributed by atoms with Gasteiger partial charge in [0.05, 0.1) is 0 Å². The molecule has 0 amide bonds. The summed E-state index contributed by atoms with van der Waals surface area (Å²) >= 11 is 0. The van der Waals surface area contributed by atoms with E-state index >= 15 is 0 Å². The normalized spacial score (nSPS) is 11.5. The standard InChI is InChI=1S/C11H12O/c1-2-11(12)9-8-10-6-4-3-5-7-10/h3-7,11-12H,2H2,1H3/t11-/m1/s1. The van der Waals surface area contributed by atoms with Crippen LogP contribution in [0.1, 0.15) is 18.9 Å². The van der Waals surface area contributed by atoms with Crippen molar-refractivity contribution in [3.8, 4) is 11.8 Å². The van der Waals surface area contributed by atoms with Gasteiger partial charge in [-0.3, -0.25) is 0 Å².